The molecule has 0 aliphatic carbocycles. The summed E-state index contributed by atoms with van der Waals surface area (Å²) in [6, 6.07) is 5.35. The van der Waals surface area contributed by atoms with Gasteiger partial charge in [0.2, 0.25) is 5.13 Å². The van der Waals surface area contributed by atoms with Gasteiger partial charge < -0.3 is 5.11 Å². The summed E-state index contributed by atoms with van der Waals surface area (Å²) in [6.45, 7) is 7.82. The summed E-state index contributed by atoms with van der Waals surface area (Å²) in [5.74, 6) is -1.08. The standard InChI is InChI=1S/C22H21Cl2N5O2S2/c1-10(2)32-21-18(13-6-7-15(23)16(24)8-13)25-22(33-21)29-19(20(30)31)17(12(4)27-29)14-9-28(5)26-11(14)3/h6-10H,1-5H3,(H,30,31). The van der Waals surface area contributed by atoms with Crippen molar-refractivity contribution in [3.8, 4) is 27.5 Å². The number of carbonyl (C=O) groups is 1. The van der Waals surface area contributed by atoms with Crippen LogP contribution in [-0.2, 0) is 7.05 Å². The van der Waals surface area contributed by atoms with Gasteiger partial charge >= 0.3 is 5.97 Å². The number of nitrogens with zero attached hydrogens (tertiary/aromatic N) is 5. The van der Waals surface area contributed by atoms with E-state index < -0.39 is 5.97 Å². The molecule has 0 atom stereocenters. The highest BCUT2D eigenvalue weighted by molar-refractivity contribution is 8.01. The molecule has 0 saturated carbocycles. The van der Waals surface area contributed by atoms with Gasteiger partial charge in [-0.25, -0.2) is 9.78 Å². The van der Waals surface area contributed by atoms with Crippen molar-refractivity contribution in [3.05, 3.63) is 51.5 Å². The fraction of sp³-hybridized carbons (Fsp3) is 0.273. The van der Waals surface area contributed by atoms with Crippen LogP contribution in [0.1, 0.15) is 35.7 Å². The van der Waals surface area contributed by atoms with Crippen molar-refractivity contribution in [2.45, 2.75) is 37.2 Å². The zero-order valence-electron chi connectivity index (χ0n) is 18.6. The molecule has 0 fully saturated rings. The lowest BCUT2D eigenvalue weighted by molar-refractivity contribution is 0.0688. The molecular weight excluding hydrogens is 501 g/mol. The van der Waals surface area contributed by atoms with Crippen LogP contribution in [0, 0.1) is 13.8 Å². The Morgan fingerprint density at radius 1 is 1.15 bits per heavy atom. The van der Waals surface area contributed by atoms with Crippen molar-refractivity contribution in [1.29, 1.82) is 0 Å². The van der Waals surface area contributed by atoms with Gasteiger partial charge in [-0.2, -0.15) is 14.9 Å². The first-order valence-corrected chi connectivity index (χ1v) is 12.5. The first kappa shape index (κ1) is 23.8. The topological polar surface area (TPSA) is 85.8 Å². The molecule has 0 aliphatic heterocycles. The molecule has 33 heavy (non-hydrogen) atoms. The highest BCUT2D eigenvalue weighted by atomic mass is 35.5. The van der Waals surface area contributed by atoms with E-state index in [1.807, 2.05) is 13.0 Å². The van der Waals surface area contributed by atoms with Crippen LogP contribution in [-0.4, -0.2) is 40.9 Å². The Hall–Kier alpha value is -2.33. The first-order valence-electron chi connectivity index (χ1n) is 10.0. The summed E-state index contributed by atoms with van der Waals surface area (Å²) >= 11 is 15.4. The quantitative estimate of drug-likeness (QED) is 0.290. The third kappa shape index (κ3) is 4.55. The second-order valence-corrected chi connectivity index (χ2v) is 11.4. The Morgan fingerprint density at radius 2 is 1.88 bits per heavy atom. The predicted molar refractivity (Wildman–Crippen MR) is 134 cm³/mol. The molecule has 1 aromatic carbocycles. The number of hydrogen-bond donors (Lipinski definition) is 1. The van der Waals surface area contributed by atoms with Gasteiger partial charge in [0.1, 0.15) is 0 Å². The van der Waals surface area contributed by atoms with Gasteiger partial charge in [0.25, 0.3) is 0 Å². The maximum Gasteiger partial charge on any atom is 0.355 e. The number of carboxylic acid groups (broad SMARTS) is 1. The number of halogens is 2. The molecule has 0 aliphatic rings. The molecule has 0 saturated heterocycles. The van der Waals surface area contributed by atoms with Crippen molar-refractivity contribution in [2.24, 2.45) is 7.05 Å². The van der Waals surface area contributed by atoms with Crippen LogP contribution in [0.3, 0.4) is 0 Å². The van der Waals surface area contributed by atoms with Crippen molar-refractivity contribution in [1.82, 2.24) is 24.5 Å². The van der Waals surface area contributed by atoms with Crippen LogP contribution in [0.5, 0.6) is 0 Å². The Labute approximate surface area is 209 Å². The average molecular weight is 522 g/mol. The van der Waals surface area contributed by atoms with Crippen LogP contribution in [0.2, 0.25) is 10.0 Å². The maximum atomic E-state index is 12.4. The molecule has 3 aromatic heterocycles. The van der Waals surface area contributed by atoms with E-state index in [1.54, 1.807) is 48.7 Å². The third-order valence-corrected chi connectivity index (χ3v) is 7.83. The van der Waals surface area contributed by atoms with Crippen molar-refractivity contribution in [2.75, 3.05) is 0 Å². The van der Waals surface area contributed by atoms with E-state index in [9.17, 15) is 9.90 Å². The van der Waals surface area contributed by atoms with Gasteiger partial charge in [-0.3, -0.25) is 4.68 Å². The van der Waals surface area contributed by atoms with Gasteiger partial charge in [0.05, 0.1) is 31.3 Å². The van der Waals surface area contributed by atoms with E-state index in [1.165, 1.54) is 16.0 Å². The molecule has 0 amide bonds. The molecule has 4 rings (SSSR count). The summed E-state index contributed by atoms with van der Waals surface area (Å²) < 4.78 is 4.02. The summed E-state index contributed by atoms with van der Waals surface area (Å²) in [5.41, 5.74) is 4.17. The smallest absolute Gasteiger partial charge is 0.355 e. The molecule has 0 radical (unpaired) electrons. The van der Waals surface area contributed by atoms with Gasteiger partial charge in [-0.15, -0.1) is 11.8 Å². The monoisotopic (exact) mass is 521 g/mol. The van der Waals surface area contributed by atoms with E-state index in [0.29, 0.717) is 31.7 Å². The SMILES string of the molecule is Cc1nn(C)cc1-c1c(C)nn(-c2nc(-c3ccc(Cl)c(Cl)c3)c(SC(C)C)s2)c1C(=O)O. The van der Waals surface area contributed by atoms with E-state index in [2.05, 4.69) is 24.0 Å². The number of aromatic carboxylic acids is 1. The second-order valence-electron chi connectivity index (χ2n) is 7.76. The van der Waals surface area contributed by atoms with Gasteiger partial charge in [0.15, 0.2) is 5.69 Å². The minimum absolute atomic E-state index is 0.0548. The number of thiazole rings is 1. The Morgan fingerprint density at radius 3 is 2.45 bits per heavy atom. The van der Waals surface area contributed by atoms with Crippen molar-refractivity contribution < 1.29 is 9.90 Å². The summed E-state index contributed by atoms with van der Waals surface area (Å²) in [7, 11) is 1.80. The molecule has 0 unspecified atom stereocenters. The van der Waals surface area contributed by atoms with Crippen molar-refractivity contribution >= 4 is 52.3 Å². The molecule has 11 heteroatoms. The van der Waals surface area contributed by atoms with Gasteiger partial charge in [-0.1, -0.05) is 54.5 Å². The maximum absolute atomic E-state index is 12.4. The van der Waals surface area contributed by atoms with Crippen LogP contribution >= 0.6 is 46.3 Å². The number of rotatable bonds is 6. The van der Waals surface area contributed by atoms with Crippen LogP contribution in [0.15, 0.2) is 28.6 Å². The normalized spacial score (nSPS) is 11.5. The Bertz CT molecular complexity index is 1370. The number of hydrogen-bond acceptors (Lipinski definition) is 6. The molecule has 0 bridgehead atoms. The number of aryl methyl sites for hydroxylation is 3. The minimum atomic E-state index is -1.08. The lowest BCUT2D eigenvalue weighted by Crippen LogP contribution is -2.09. The van der Waals surface area contributed by atoms with E-state index >= 15 is 0 Å². The molecule has 1 N–H and O–H groups in total. The van der Waals surface area contributed by atoms with Gasteiger partial charge in [-0.05, 0) is 26.0 Å². The fourth-order valence-electron chi connectivity index (χ4n) is 3.54. The largest absolute Gasteiger partial charge is 0.476 e. The fourth-order valence-corrected chi connectivity index (χ4v) is 6.31. The molecule has 172 valence electrons. The van der Waals surface area contributed by atoms with E-state index in [4.69, 9.17) is 28.2 Å². The van der Waals surface area contributed by atoms with Crippen LogP contribution in [0.4, 0.5) is 0 Å². The Balaban J connectivity index is 1.93. The highest BCUT2D eigenvalue weighted by Gasteiger charge is 2.28. The first-order chi connectivity index (χ1) is 15.6. The number of benzene rings is 1. The number of aromatic nitrogens is 5. The van der Waals surface area contributed by atoms with E-state index in [0.717, 1.165) is 26.7 Å². The zero-order valence-corrected chi connectivity index (χ0v) is 21.7. The summed E-state index contributed by atoms with van der Waals surface area (Å²) in [6.07, 6.45) is 1.80. The van der Waals surface area contributed by atoms with E-state index in [-0.39, 0.29) is 5.69 Å². The Kier molecular flexibility index (Phi) is 6.59. The number of thioether (sulfide) groups is 1. The summed E-state index contributed by atoms with van der Waals surface area (Å²) in [5, 5.41) is 20.7. The lowest BCUT2D eigenvalue weighted by Gasteiger charge is -2.05. The van der Waals surface area contributed by atoms with Crippen LogP contribution in [0.25, 0.3) is 27.5 Å². The molecule has 4 aromatic rings. The highest BCUT2D eigenvalue weighted by Crippen LogP contribution is 2.42. The molecule has 0 spiro atoms. The van der Waals surface area contributed by atoms with Gasteiger partial charge in [0, 0.05) is 35.2 Å². The average Bonchev–Trinajstić information content (AvgIpc) is 3.38. The van der Waals surface area contributed by atoms with Crippen molar-refractivity contribution in [3.63, 3.8) is 0 Å². The minimum Gasteiger partial charge on any atom is -0.476 e. The number of carboxylic acids is 1. The third-order valence-electron chi connectivity index (χ3n) is 4.85. The second kappa shape index (κ2) is 9.13. The zero-order chi connectivity index (χ0) is 24.0. The lowest BCUT2D eigenvalue weighted by atomic mass is 10.0. The molecular formula is C22H21Cl2N5O2S2. The predicted octanol–water partition coefficient (Wildman–Crippen LogP) is 6.52. The molecule has 3 heterocycles. The van der Waals surface area contributed by atoms with Crippen LogP contribution < -0.4 is 0 Å². The summed E-state index contributed by atoms with van der Waals surface area (Å²) in [4.78, 5) is 17.2. The molecule has 7 nitrogen and oxygen atoms in total.